The fourth-order valence-corrected chi connectivity index (χ4v) is 1.93. The summed E-state index contributed by atoms with van der Waals surface area (Å²) in [6.45, 7) is 0.297. The maximum atomic E-state index is 11.4. The minimum Gasteiger partial charge on any atom is -0.488 e. The second-order valence-corrected chi connectivity index (χ2v) is 4.20. The molecule has 0 radical (unpaired) electrons. The van der Waals surface area contributed by atoms with Crippen LogP contribution in [0.15, 0.2) is 48.9 Å². The zero-order chi connectivity index (χ0) is 13.9. The summed E-state index contributed by atoms with van der Waals surface area (Å²) in [5.41, 5.74) is 1.24. The number of carboxylic acid groups (broad SMARTS) is 1. The number of pyridine rings is 1. The van der Waals surface area contributed by atoms with Crippen LogP contribution in [-0.4, -0.2) is 25.7 Å². The lowest BCUT2D eigenvalue weighted by Crippen LogP contribution is -2.06. The molecule has 0 aliphatic carbocycles. The van der Waals surface area contributed by atoms with Crippen molar-refractivity contribution in [3.8, 4) is 5.75 Å². The molecule has 2 aromatic heterocycles. The third-order valence-corrected chi connectivity index (χ3v) is 2.88. The lowest BCUT2D eigenvalue weighted by Gasteiger charge is -2.09. The van der Waals surface area contributed by atoms with E-state index in [2.05, 4.69) is 10.2 Å². The van der Waals surface area contributed by atoms with E-state index in [1.54, 1.807) is 16.7 Å². The second kappa shape index (κ2) is 5.00. The van der Waals surface area contributed by atoms with Gasteiger partial charge in [0, 0.05) is 6.20 Å². The van der Waals surface area contributed by atoms with Gasteiger partial charge < -0.3 is 9.84 Å². The van der Waals surface area contributed by atoms with Crippen molar-refractivity contribution in [2.45, 2.75) is 6.61 Å². The normalized spacial score (nSPS) is 10.6. The predicted octanol–water partition coefficient (Wildman–Crippen LogP) is 2.01. The molecule has 1 aromatic carbocycles. The van der Waals surface area contributed by atoms with Crippen LogP contribution in [0.3, 0.4) is 0 Å². The molecule has 0 fully saturated rings. The van der Waals surface area contributed by atoms with Gasteiger partial charge >= 0.3 is 5.97 Å². The van der Waals surface area contributed by atoms with Gasteiger partial charge in [-0.3, -0.25) is 4.40 Å². The Balaban J connectivity index is 1.94. The van der Waals surface area contributed by atoms with Crippen LogP contribution in [0.2, 0.25) is 0 Å². The van der Waals surface area contributed by atoms with Gasteiger partial charge in [0.25, 0.3) is 0 Å². The van der Waals surface area contributed by atoms with Crippen molar-refractivity contribution >= 4 is 11.6 Å². The molecule has 0 aliphatic heterocycles. The molecule has 0 bridgehead atoms. The number of benzene rings is 1. The maximum absolute atomic E-state index is 11.4. The van der Waals surface area contributed by atoms with Crippen molar-refractivity contribution in [3.63, 3.8) is 0 Å². The third kappa shape index (κ3) is 2.18. The van der Waals surface area contributed by atoms with E-state index in [4.69, 9.17) is 4.74 Å². The number of aromatic nitrogens is 3. The smallest absolute Gasteiger partial charge is 0.343 e. The first-order chi connectivity index (χ1) is 9.75. The van der Waals surface area contributed by atoms with Crippen molar-refractivity contribution in [2.24, 2.45) is 0 Å². The number of hydrogen-bond acceptors (Lipinski definition) is 4. The van der Waals surface area contributed by atoms with Crippen LogP contribution < -0.4 is 4.74 Å². The Morgan fingerprint density at radius 1 is 1.25 bits per heavy atom. The highest BCUT2D eigenvalue weighted by atomic mass is 16.5. The zero-order valence-electron chi connectivity index (χ0n) is 10.4. The highest BCUT2D eigenvalue weighted by Crippen LogP contribution is 2.23. The fourth-order valence-electron chi connectivity index (χ4n) is 1.93. The van der Waals surface area contributed by atoms with Crippen molar-refractivity contribution in [1.29, 1.82) is 0 Å². The van der Waals surface area contributed by atoms with E-state index in [-0.39, 0.29) is 17.0 Å². The van der Waals surface area contributed by atoms with E-state index in [1.165, 1.54) is 6.33 Å². The molecule has 3 rings (SSSR count). The van der Waals surface area contributed by atoms with Gasteiger partial charge in [0.1, 0.15) is 24.2 Å². The average molecular weight is 269 g/mol. The first-order valence-corrected chi connectivity index (χ1v) is 5.98. The van der Waals surface area contributed by atoms with Crippen molar-refractivity contribution < 1.29 is 14.6 Å². The largest absolute Gasteiger partial charge is 0.488 e. The molecule has 3 aromatic rings. The topological polar surface area (TPSA) is 76.7 Å². The van der Waals surface area contributed by atoms with Gasteiger partial charge in [-0.2, -0.15) is 0 Å². The summed E-state index contributed by atoms with van der Waals surface area (Å²) in [6.07, 6.45) is 3.12. The summed E-state index contributed by atoms with van der Waals surface area (Å²) in [7, 11) is 0. The highest BCUT2D eigenvalue weighted by Gasteiger charge is 2.18. The molecule has 0 aliphatic rings. The quantitative estimate of drug-likeness (QED) is 0.784. The Labute approximate surface area is 114 Å². The minimum absolute atomic E-state index is 0.0148. The highest BCUT2D eigenvalue weighted by molar-refractivity contribution is 5.97. The second-order valence-electron chi connectivity index (χ2n) is 4.20. The molecule has 0 saturated carbocycles. The predicted molar refractivity (Wildman–Crippen MR) is 70.7 cm³/mol. The number of rotatable bonds is 4. The molecule has 1 N–H and O–H groups in total. The van der Waals surface area contributed by atoms with Crippen LogP contribution in [0.4, 0.5) is 0 Å². The van der Waals surface area contributed by atoms with Gasteiger partial charge in [-0.25, -0.2) is 4.79 Å². The summed E-state index contributed by atoms with van der Waals surface area (Å²) in [5, 5.41) is 16.8. The lowest BCUT2D eigenvalue weighted by atomic mass is 10.2. The molecule has 0 atom stereocenters. The van der Waals surface area contributed by atoms with Gasteiger partial charge in [-0.15, -0.1) is 10.2 Å². The Morgan fingerprint density at radius 2 is 2.05 bits per heavy atom. The molecule has 0 unspecified atom stereocenters. The van der Waals surface area contributed by atoms with Crippen LogP contribution in [0, 0.1) is 0 Å². The maximum Gasteiger partial charge on any atom is 0.343 e. The summed E-state index contributed by atoms with van der Waals surface area (Å²) in [5.74, 6) is -0.812. The summed E-state index contributed by atoms with van der Waals surface area (Å²) in [6, 6.07) is 11.1. The Kier molecular flexibility index (Phi) is 3.04. The number of nitrogens with zero attached hydrogens (tertiary/aromatic N) is 3. The fraction of sp³-hybridized carbons (Fsp3) is 0.0714. The van der Waals surface area contributed by atoms with Crippen LogP contribution in [0.5, 0.6) is 5.75 Å². The van der Waals surface area contributed by atoms with E-state index < -0.39 is 5.97 Å². The SMILES string of the molecule is O=C(O)c1c(OCc2ccccc2)ccn2cnnc12. The number of carboxylic acids is 1. The van der Waals surface area contributed by atoms with E-state index in [0.717, 1.165) is 5.56 Å². The van der Waals surface area contributed by atoms with E-state index in [0.29, 0.717) is 6.61 Å². The summed E-state index contributed by atoms with van der Waals surface area (Å²) < 4.78 is 7.14. The molecular weight excluding hydrogens is 258 g/mol. The van der Waals surface area contributed by atoms with Gasteiger partial charge in [-0.1, -0.05) is 30.3 Å². The molecule has 0 amide bonds. The van der Waals surface area contributed by atoms with E-state index >= 15 is 0 Å². The lowest BCUT2D eigenvalue weighted by molar-refractivity contribution is 0.0693. The van der Waals surface area contributed by atoms with Gasteiger partial charge in [0.15, 0.2) is 5.65 Å². The first kappa shape index (κ1) is 12.2. The molecule has 100 valence electrons. The van der Waals surface area contributed by atoms with Gasteiger partial charge in [0.2, 0.25) is 0 Å². The average Bonchev–Trinajstić information content (AvgIpc) is 2.93. The van der Waals surface area contributed by atoms with E-state index in [1.807, 2.05) is 30.3 Å². The summed E-state index contributed by atoms with van der Waals surface area (Å²) in [4.78, 5) is 11.4. The molecule has 6 heteroatoms. The Hall–Kier alpha value is -2.89. The number of carbonyl (C=O) groups is 1. The van der Waals surface area contributed by atoms with Gasteiger partial charge in [-0.05, 0) is 11.6 Å². The molecule has 2 heterocycles. The molecule has 0 saturated heterocycles. The molecule has 6 nitrogen and oxygen atoms in total. The Bertz CT molecular complexity index is 753. The number of aromatic carboxylic acids is 1. The molecule has 0 spiro atoms. The monoisotopic (exact) mass is 269 g/mol. The van der Waals surface area contributed by atoms with Gasteiger partial charge in [0.05, 0.1) is 0 Å². The van der Waals surface area contributed by atoms with Crippen LogP contribution in [0.1, 0.15) is 15.9 Å². The van der Waals surface area contributed by atoms with Crippen LogP contribution >= 0.6 is 0 Å². The first-order valence-electron chi connectivity index (χ1n) is 5.98. The standard InChI is InChI=1S/C14H11N3O3/c18-14(19)12-11(6-7-17-9-15-16-13(12)17)20-8-10-4-2-1-3-5-10/h1-7,9H,8H2,(H,18,19). The van der Waals surface area contributed by atoms with Crippen LogP contribution in [-0.2, 0) is 6.61 Å². The van der Waals surface area contributed by atoms with Crippen molar-refractivity contribution in [2.75, 3.05) is 0 Å². The summed E-state index contributed by atoms with van der Waals surface area (Å²) >= 11 is 0. The molecule has 20 heavy (non-hydrogen) atoms. The van der Waals surface area contributed by atoms with Crippen molar-refractivity contribution in [3.05, 3.63) is 60.0 Å². The van der Waals surface area contributed by atoms with E-state index in [9.17, 15) is 9.90 Å². The zero-order valence-corrected chi connectivity index (χ0v) is 10.4. The Morgan fingerprint density at radius 3 is 2.80 bits per heavy atom. The minimum atomic E-state index is -1.09. The number of ether oxygens (including phenoxy) is 1. The third-order valence-electron chi connectivity index (χ3n) is 2.88. The van der Waals surface area contributed by atoms with Crippen LogP contribution in [0.25, 0.3) is 5.65 Å². The number of fused-ring (bicyclic) bond motifs is 1. The van der Waals surface area contributed by atoms with Crippen molar-refractivity contribution in [1.82, 2.24) is 14.6 Å². The number of hydrogen-bond donors (Lipinski definition) is 1. The molecular formula is C14H11N3O3.